The van der Waals surface area contributed by atoms with Crippen molar-refractivity contribution in [3.05, 3.63) is 71.8 Å². The van der Waals surface area contributed by atoms with Gasteiger partial charge in [0.25, 0.3) is 0 Å². The molecule has 2 atom stereocenters. The zero-order chi connectivity index (χ0) is 30.4. The average Bonchev–Trinajstić information content (AvgIpc) is 3.52. The van der Waals surface area contributed by atoms with Crippen LogP contribution in [0.25, 0.3) is 0 Å². The van der Waals surface area contributed by atoms with Gasteiger partial charge in [-0.3, -0.25) is 9.69 Å². The van der Waals surface area contributed by atoms with Gasteiger partial charge in [-0.1, -0.05) is 93.3 Å². The van der Waals surface area contributed by atoms with E-state index in [1.807, 2.05) is 36.4 Å². The summed E-state index contributed by atoms with van der Waals surface area (Å²) in [5, 5.41) is 12.8. The molecule has 0 radical (unpaired) electrons. The lowest BCUT2D eigenvalue weighted by Crippen LogP contribution is -2.50. The number of carboxylic acids is 1. The van der Waals surface area contributed by atoms with Crippen LogP contribution in [-0.4, -0.2) is 83.7 Å². The molecule has 2 N–H and O–H groups in total. The Morgan fingerprint density at radius 2 is 1.56 bits per heavy atom. The number of hydrogen-bond acceptors (Lipinski definition) is 4. The molecule has 2 aliphatic heterocycles. The minimum absolute atomic E-state index is 0.0897. The third-order valence-electron chi connectivity index (χ3n) is 9.66. The number of unbranched alkanes of at least 4 members (excludes halogenated alkanes) is 1. The summed E-state index contributed by atoms with van der Waals surface area (Å²) in [6, 6.07) is 20.9. The Bertz CT molecular complexity index is 1080. The second-order valence-electron chi connectivity index (χ2n) is 12.8. The van der Waals surface area contributed by atoms with Gasteiger partial charge in [0.15, 0.2) is 0 Å². The summed E-state index contributed by atoms with van der Waals surface area (Å²) in [5.41, 5.74) is 2.50. The molecule has 236 valence electrons. The molecule has 3 fully saturated rings. The molecule has 2 heterocycles. The van der Waals surface area contributed by atoms with Crippen molar-refractivity contribution in [3.8, 4) is 0 Å². The Balaban J connectivity index is 0.000000197. The van der Waals surface area contributed by atoms with E-state index >= 15 is 0 Å². The summed E-state index contributed by atoms with van der Waals surface area (Å²) in [6.07, 6.45) is 11.3. The molecule has 2 aromatic rings. The number of amides is 2. The van der Waals surface area contributed by atoms with Gasteiger partial charge >= 0.3 is 12.0 Å². The molecule has 1 unspecified atom stereocenters. The Labute approximate surface area is 259 Å². The van der Waals surface area contributed by atoms with E-state index in [2.05, 4.69) is 58.3 Å². The van der Waals surface area contributed by atoms with Gasteiger partial charge in [0, 0.05) is 25.7 Å². The maximum Gasteiger partial charge on any atom is 0.321 e. The van der Waals surface area contributed by atoms with E-state index in [9.17, 15) is 14.7 Å². The number of aliphatic carboxylic acids is 1. The summed E-state index contributed by atoms with van der Waals surface area (Å²) in [6.45, 7) is 7.64. The molecule has 7 nitrogen and oxygen atoms in total. The zero-order valence-corrected chi connectivity index (χ0v) is 26.5. The quantitative estimate of drug-likeness (QED) is 0.326. The van der Waals surface area contributed by atoms with Gasteiger partial charge in [0.2, 0.25) is 0 Å². The predicted octanol–water partition coefficient (Wildman–Crippen LogP) is 6.60. The number of likely N-dealkylation sites (tertiary alicyclic amines) is 2. The van der Waals surface area contributed by atoms with Gasteiger partial charge < -0.3 is 20.2 Å². The van der Waals surface area contributed by atoms with Crippen molar-refractivity contribution in [2.24, 2.45) is 5.92 Å². The summed E-state index contributed by atoms with van der Waals surface area (Å²) in [4.78, 5) is 31.0. The lowest BCUT2D eigenvalue weighted by molar-refractivity contribution is -0.145. The van der Waals surface area contributed by atoms with Crippen LogP contribution in [0, 0.1) is 5.92 Å². The number of piperidine rings is 1. The van der Waals surface area contributed by atoms with Crippen LogP contribution in [0.3, 0.4) is 0 Å². The van der Waals surface area contributed by atoms with E-state index in [1.54, 1.807) is 0 Å². The first-order chi connectivity index (χ1) is 21.0. The minimum Gasteiger partial charge on any atom is -0.480 e. The first-order valence-electron chi connectivity index (χ1n) is 16.7. The summed E-state index contributed by atoms with van der Waals surface area (Å²) in [5.74, 6) is 0.234. The summed E-state index contributed by atoms with van der Waals surface area (Å²) < 4.78 is 0. The molecule has 3 aliphatic rings. The van der Waals surface area contributed by atoms with Gasteiger partial charge in [-0.05, 0) is 88.2 Å². The SMILES string of the molecule is CCCCN(C(=O)NCc1ccccc1)C1CCN(C)CC1.O=C(O)C(C1CCCCC1)N1CC[C@@H](c2ccccc2)C1. The monoisotopic (exact) mass is 590 g/mol. The number of carboxylic acid groups (broad SMARTS) is 1. The van der Waals surface area contributed by atoms with E-state index in [0.717, 1.165) is 83.2 Å². The number of nitrogens with one attached hydrogen (secondary N) is 1. The third kappa shape index (κ3) is 10.1. The Morgan fingerprint density at radius 3 is 2.19 bits per heavy atom. The van der Waals surface area contributed by atoms with Crippen molar-refractivity contribution >= 4 is 12.0 Å². The molecule has 0 aromatic heterocycles. The number of benzene rings is 2. The molecule has 1 aliphatic carbocycles. The smallest absolute Gasteiger partial charge is 0.321 e. The fraction of sp³-hybridized carbons (Fsp3) is 0.611. The van der Waals surface area contributed by atoms with Gasteiger partial charge in [0.05, 0.1) is 0 Å². The molecule has 2 saturated heterocycles. The molecule has 0 spiro atoms. The van der Waals surface area contributed by atoms with Gasteiger partial charge in [-0.15, -0.1) is 0 Å². The first-order valence-corrected chi connectivity index (χ1v) is 16.7. The van der Waals surface area contributed by atoms with Gasteiger partial charge in [-0.2, -0.15) is 0 Å². The molecular formula is C36H54N4O3. The van der Waals surface area contributed by atoms with E-state index < -0.39 is 5.97 Å². The maximum absolute atomic E-state index is 12.6. The molecule has 5 rings (SSSR count). The topological polar surface area (TPSA) is 76.1 Å². The number of carbonyl (C=O) groups excluding carboxylic acids is 1. The average molecular weight is 591 g/mol. The first kappa shape index (κ1) is 33.0. The van der Waals surface area contributed by atoms with Crippen molar-refractivity contribution in [1.29, 1.82) is 0 Å². The van der Waals surface area contributed by atoms with Crippen LogP contribution in [0.5, 0.6) is 0 Å². The van der Waals surface area contributed by atoms with E-state index in [0.29, 0.717) is 24.4 Å². The minimum atomic E-state index is -0.615. The van der Waals surface area contributed by atoms with Crippen LogP contribution in [0.1, 0.15) is 88.2 Å². The number of rotatable bonds is 10. The van der Waals surface area contributed by atoms with Crippen molar-refractivity contribution in [1.82, 2.24) is 20.0 Å². The lowest BCUT2D eigenvalue weighted by atomic mass is 9.83. The van der Waals surface area contributed by atoms with Crippen LogP contribution < -0.4 is 5.32 Å². The highest BCUT2D eigenvalue weighted by atomic mass is 16.4. The summed E-state index contributed by atoms with van der Waals surface area (Å²) in [7, 11) is 2.15. The highest BCUT2D eigenvalue weighted by molar-refractivity contribution is 5.74. The van der Waals surface area contributed by atoms with E-state index in [4.69, 9.17) is 0 Å². The fourth-order valence-electron chi connectivity index (χ4n) is 7.10. The number of urea groups is 1. The van der Waals surface area contributed by atoms with Gasteiger partial charge in [-0.25, -0.2) is 4.79 Å². The summed E-state index contributed by atoms with van der Waals surface area (Å²) >= 11 is 0. The largest absolute Gasteiger partial charge is 0.480 e. The predicted molar refractivity (Wildman–Crippen MR) is 174 cm³/mol. The van der Waals surface area contributed by atoms with Crippen LogP contribution in [0.4, 0.5) is 4.79 Å². The van der Waals surface area contributed by atoms with Crippen LogP contribution in [0.15, 0.2) is 60.7 Å². The lowest BCUT2D eigenvalue weighted by Gasteiger charge is -2.37. The maximum atomic E-state index is 12.6. The Kier molecular flexibility index (Phi) is 13.4. The molecule has 2 aromatic carbocycles. The van der Waals surface area contributed by atoms with Crippen molar-refractivity contribution < 1.29 is 14.7 Å². The molecule has 7 heteroatoms. The number of carbonyl (C=O) groups is 2. The second-order valence-corrected chi connectivity index (χ2v) is 12.8. The van der Waals surface area contributed by atoms with Crippen molar-refractivity contribution in [3.63, 3.8) is 0 Å². The molecule has 1 saturated carbocycles. The Hall–Kier alpha value is -2.90. The normalized spacial score (nSPS) is 21.0. The van der Waals surface area contributed by atoms with Crippen molar-refractivity contribution in [2.75, 3.05) is 39.8 Å². The van der Waals surface area contributed by atoms with E-state index in [-0.39, 0.29) is 12.1 Å². The fourth-order valence-corrected chi connectivity index (χ4v) is 7.10. The highest BCUT2D eigenvalue weighted by Crippen LogP contribution is 2.34. The number of hydrogen-bond donors (Lipinski definition) is 2. The second kappa shape index (κ2) is 17.4. The molecule has 2 amide bonds. The highest BCUT2D eigenvalue weighted by Gasteiger charge is 2.38. The number of nitrogens with zero attached hydrogens (tertiary/aromatic N) is 3. The van der Waals surface area contributed by atoms with Crippen molar-refractivity contribution in [2.45, 2.75) is 95.7 Å². The van der Waals surface area contributed by atoms with Gasteiger partial charge in [0.1, 0.15) is 6.04 Å². The van der Waals surface area contributed by atoms with Crippen LogP contribution >= 0.6 is 0 Å². The van der Waals surface area contributed by atoms with E-state index in [1.165, 1.54) is 24.8 Å². The van der Waals surface area contributed by atoms with Crippen LogP contribution in [0.2, 0.25) is 0 Å². The zero-order valence-electron chi connectivity index (χ0n) is 26.5. The standard InChI is InChI=1S/C18H29N3O.C18H25NO2/c1-3-4-12-21(17-10-13-20(2)14-11-17)18(22)19-15-16-8-6-5-7-9-16;20-18(21)17(15-9-5-2-6-10-15)19-12-11-16(13-19)14-7-3-1-4-8-14/h5-9,17H,3-4,10-15H2,1-2H3,(H,19,22);1,3-4,7-8,15-17H,2,5-6,9-13H2,(H,20,21)/t;16-,17?/m.1/s1. The third-order valence-corrected chi connectivity index (χ3v) is 9.66. The molecular weight excluding hydrogens is 536 g/mol. The molecule has 0 bridgehead atoms. The van der Waals surface area contributed by atoms with Crippen LogP contribution in [-0.2, 0) is 11.3 Å². The Morgan fingerprint density at radius 1 is 0.907 bits per heavy atom. The molecule has 43 heavy (non-hydrogen) atoms.